The third-order valence-electron chi connectivity index (χ3n) is 3.04. The quantitative estimate of drug-likeness (QED) is 0.816. The van der Waals surface area contributed by atoms with Crippen LogP contribution in [-0.2, 0) is 4.79 Å². The lowest BCUT2D eigenvalue weighted by Crippen LogP contribution is -2.31. The van der Waals surface area contributed by atoms with Crippen molar-refractivity contribution in [2.45, 2.75) is 12.5 Å². The number of nitrogens with zero attached hydrogens (tertiary/aromatic N) is 2. The summed E-state index contributed by atoms with van der Waals surface area (Å²) >= 11 is 0. The molecule has 0 aromatic carbocycles. The van der Waals surface area contributed by atoms with E-state index in [9.17, 15) is 9.59 Å². The van der Waals surface area contributed by atoms with Gasteiger partial charge in [0.1, 0.15) is 0 Å². The van der Waals surface area contributed by atoms with Crippen molar-refractivity contribution < 1.29 is 14.7 Å². The first-order chi connectivity index (χ1) is 8.09. The van der Waals surface area contributed by atoms with Gasteiger partial charge in [0.05, 0.1) is 12.5 Å². The molecule has 1 unspecified atom stereocenters. The van der Waals surface area contributed by atoms with Gasteiger partial charge in [-0.25, -0.2) is 4.79 Å². The maximum absolute atomic E-state index is 11.9. The summed E-state index contributed by atoms with van der Waals surface area (Å²) in [5.41, 5.74) is 1.04. The van der Waals surface area contributed by atoms with Crippen molar-refractivity contribution in [3.05, 3.63) is 24.0 Å². The van der Waals surface area contributed by atoms with Crippen molar-refractivity contribution in [3.63, 3.8) is 0 Å². The van der Waals surface area contributed by atoms with Crippen LogP contribution in [0.25, 0.3) is 0 Å². The van der Waals surface area contributed by atoms with E-state index >= 15 is 0 Å². The SMILES string of the molecule is CN1C(=O)N(CCC(=O)O)CC1c1cc[nH]c1. The number of rotatable bonds is 4. The van der Waals surface area contributed by atoms with Crippen LogP contribution in [0.5, 0.6) is 0 Å². The highest BCUT2D eigenvalue weighted by Crippen LogP contribution is 2.27. The summed E-state index contributed by atoms with van der Waals surface area (Å²) < 4.78 is 0. The van der Waals surface area contributed by atoms with Crippen molar-refractivity contribution >= 4 is 12.0 Å². The molecule has 2 rings (SSSR count). The summed E-state index contributed by atoms with van der Waals surface area (Å²) in [5, 5.41) is 8.62. The first kappa shape index (κ1) is 11.5. The minimum atomic E-state index is -0.884. The largest absolute Gasteiger partial charge is 0.481 e. The Kier molecular flexibility index (Phi) is 3.03. The van der Waals surface area contributed by atoms with Gasteiger partial charge in [-0.3, -0.25) is 4.79 Å². The lowest BCUT2D eigenvalue weighted by atomic mass is 10.1. The third-order valence-corrected chi connectivity index (χ3v) is 3.04. The Bertz CT molecular complexity index is 416. The minimum Gasteiger partial charge on any atom is -0.481 e. The highest BCUT2D eigenvalue weighted by Gasteiger charge is 2.35. The van der Waals surface area contributed by atoms with Crippen molar-refractivity contribution in [1.29, 1.82) is 0 Å². The normalized spacial score (nSPS) is 20.1. The predicted octanol–water partition coefficient (Wildman–Crippen LogP) is 0.898. The number of aliphatic carboxylic acids is 1. The molecule has 6 nitrogen and oxygen atoms in total. The van der Waals surface area contributed by atoms with Crippen molar-refractivity contribution in [2.24, 2.45) is 0 Å². The van der Waals surface area contributed by atoms with Gasteiger partial charge in [-0.15, -0.1) is 0 Å². The van der Waals surface area contributed by atoms with Crippen LogP contribution in [0.1, 0.15) is 18.0 Å². The number of aromatic amines is 1. The van der Waals surface area contributed by atoms with Crippen LogP contribution in [0, 0.1) is 0 Å². The van der Waals surface area contributed by atoms with E-state index in [1.165, 1.54) is 0 Å². The van der Waals surface area contributed by atoms with Crippen molar-refractivity contribution in [3.8, 4) is 0 Å². The average molecular weight is 237 g/mol. The molecule has 0 spiro atoms. The monoisotopic (exact) mass is 237 g/mol. The highest BCUT2D eigenvalue weighted by atomic mass is 16.4. The molecule has 1 saturated heterocycles. The number of hydrogen-bond donors (Lipinski definition) is 2. The number of H-pyrrole nitrogens is 1. The molecular weight excluding hydrogens is 222 g/mol. The fourth-order valence-corrected chi connectivity index (χ4v) is 2.06. The summed E-state index contributed by atoms with van der Waals surface area (Å²) in [7, 11) is 1.74. The molecule has 1 aromatic heterocycles. The molecule has 6 heteroatoms. The molecule has 0 aliphatic carbocycles. The van der Waals surface area contributed by atoms with Crippen LogP contribution in [0.4, 0.5) is 4.79 Å². The first-order valence-corrected chi connectivity index (χ1v) is 5.46. The van der Waals surface area contributed by atoms with Crippen LogP contribution in [0.15, 0.2) is 18.5 Å². The summed E-state index contributed by atoms with van der Waals surface area (Å²) in [6.45, 7) is 0.805. The van der Waals surface area contributed by atoms with Gasteiger partial charge in [0, 0.05) is 32.5 Å². The number of urea groups is 1. The van der Waals surface area contributed by atoms with Gasteiger partial charge in [0.25, 0.3) is 0 Å². The lowest BCUT2D eigenvalue weighted by Gasteiger charge is -2.16. The van der Waals surface area contributed by atoms with E-state index in [-0.39, 0.29) is 25.0 Å². The van der Waals surface area contributed by atoms with E-state index in [0.29, 0.717) is 6.54 Å². The van der Waals surface area contributed by atoms with Crippen LogP contribution in [-0.4, -0.2) is 52.0 Å². The predicted molar refractivity (Wildman–Crippen MR) is 60.5 cm³/mol. The molecule has 1 atom stereocenters. The number of carboxylic acids is 1. The minimum absolute atomic E-state index is 0.00236. The second kappa shape index (κ2) is 4.48. The fraction of sp³-hybridized carbons (Fsp3) is 0.455. The number of nitrogens with one attached hydrogen (secondary N) is 1. The summed E-state index contributed by atoms with van der Waals surface area (Å²) in [4.78, 5) is 28.5. The van der Waals surface area contributed by atoms with Gasteiger partial charge in [-0.05, 0) is 11.6 Å². The van der Waals surface area contributed by atoms with Crippen LogP contribution >= 0.6 is 0 Å². The van der Waals surface area contributed by atoms with E-state index in [2.05, 4.69) is 4.98 Å². The molecule has 0 saturated carbocycles. The summed E-state index contributed by atoms with van der Waals surface area (Å²) in [6.07, 6.45) is 3.65. The number of hydrogen-bond acceptors (Lipinski definition) is 2. The van der Waals surface area contributed by atoms with Gasteiger partial charge in [-0.1, -0.05) is 0 Å². The molecule has 0 radical (unpaired) electrons. The Morgan fingerprint density at radius 3 is 3.00 bits per heavy atom. The fourth-order valence-electron chi connectivity index (χ4n) is 2.06. The lowest BCUT2D eigenvalue weighted by molar-refractivity contribution is -0.137. The van der Waals surface area contributed by atoms with Crippen molar-refractivity contribution in [2.75, 3.05) is 20.1 Å². The zero-order valence-corrected chi connectivity index (χ0v) is 9.59. The highest BCUT2D eigenvalue weighted by molar-refractivity contribution is 5.78. The molecule has 1 fully saturated rings. The van der Waals surface area contributed by atoms with E-state index in [1.54, 1.807) is 16.8 Å². The molecule has 0 bridgehead atoms. The van der Waals surface area contributed by atoms with E-state index in [1.807, 2.05) is 18.5 Å². The number of carbonyl (C=O) groups excluding carboxylic acids is 1. The molecule has 2 heterocycles. The number of likely N-dealkylation sites (N-methyl/N-ethyl adjacent to an activating group) is 1. The van der Waals surface area contributed by atoms with Gasteiger partial charge < -0.3 is 19.9 Å². The zero-order chi connectivity index (χ0) is 12.4. The molecule has 1 aromatic rings. The Hall–Kier alpha value is -1.98. The van der Waals surface area contributed by atoms with Gasteiger partial charge in [-0.2, -0.15) is 0 Å². The first-order valence-electron chi connectivity index (χ1n) is 5.46. The summed E-state index contributed by atoms with van der Waals surface area (Å²) in [6, 6.07) is 1.81. The molecule has 2 amide bonds. The Labute approximate surface area is 98.8 Å². The van der Waals surface area contributed by atoms with Crippen LogP contribution in [0.3, 0.4) is 0 Å². The molecule has 92 valence electrons. The Morgan fingerprint density at radius 1 is 1.65 bits per heavy atom. The van der Waals surface area contributed by atoms with E-state index < -0.39 is 5.97 Å². The molecule has 2 N–H and O–H groups in total. The Morgan fingerprint density at radius 2 is 2.41 bits per heavy atom. The van der Waals surface area contributed by atoms with Gasteiger partial charge in [0.2, 0.25) is 0 Å². The number of amides is 2. The maximum Gasteiger partial charge on any atom is 0.320 e. The topological polar surface area (TPSA) is 76.6 Å². The second-order valence-electron chi connectivity index (χ2n) is 4.14. The third kappa shape index (κ3) is 2.25. The summed E-state index contributed by atoms with van der Waals surface area (Å²) in [5.74, 6) is -0.884. The van der Waals surface area contributed by atoms with Crippen LogP contribution in [0.2, 0.25) is 0 Å². The van der Waals surface area contributed by atoms with Gasteiger partial charge in [0.15, 0.2) is 0 Å². The van der Waals surface area contributed by atoms with Crippen LogP contribution < -0.4 is 0 Å². The number of aromatic nitrogens is 1. The maximum atomic E-state index is 11.9. The Balaban J connectivity index is 2.04. The van der Waals surface area contributed by atoms with Crippen molar-refractivity contribution in [1.82, 2.24) is 14.8 Å². The smallest absolute Gasteiger partial charge is 0.320 e. The van der Waals surface area contributed by atoms with E-state index in [4.69, 9.17) is 5.11 Å². The number of carboxylic acid groups (broad SMARTS) is 1. The molecule has 1 aliphatic heterocycles. The standard InChI is InChI=1S/C11H15N3O3/c1-13-9(8-2-4-12-6-8)7-14(11(13)17)5-3-10(15)16/h2,4,6,9,12H,3,5,7H2,1H3,(H,15,16). The van der Waals surface area contributed by atoms with Gasteiger partial charge >= 0.3 is 12.0 Å². The molecule has 1 aliphatic rings. The van der Waals surface area contributed by atoms with E-state index in [0.717, 1.165) is 5.56 Å². The average Bonchev–Trinajstić information content (AvgIpc) is 2.88. The molecular formula is C11H15N3O3. The molecule has 17 heavy (non-hydrogen) atoms. The second-order valence-corrected chi connectivity index (χ2v) is 4.14. The number of carbonyl (C=O) groups is 2. The zero-order valence-electron chi connectivity index (χ0n) is 9.59.